The second-order valence-electron chi connectivity index (χ2n) is 7.94. The van der Waals surface area contributed by atoms with Crippen molar-refractivity contribution in [3.63, 3.8) is 0 Å². The third kappa shape index (κ3) is 3.35. The molecule has 5 rings (SSSR count). The van der Waals surface area contributed by atoms with E-state index in [1.807, 2.05) is 18.3 Å². The fourth-order valence-electron chi connectivity index (χ4n) is 4.49. The number of amides is 1. The van der Waals surface area contributed by atoms with Crippen LogP contribution in [-0.2, 0) is 37.0 Å². The van der Waals surface area contributed by atoms with Crippen LogP contribution in [0.15, 0.2) is 48.7 Å². The van der Waals surface area contributed by atoms with Gasteiger partial charge in [0.1, 0.15) is 5.82 Å². The smallest absolute Gasteiger partial charge is 0.228 e. The molecule has 28 heavy (non-hydrogen) atoms. The fourth-order valence-corrected chi connectivity index (χ4v) is 4.49. The molecule has 0 unspecified atom stereocenters. The molecule has 4 nitrogen and oxygen atoms in total. The second kappa shape index (κ2) is 7.27. The van der Waals surface area contributed by atoms with E-state index < -0.39 is 0 Å². The van der Waals surface area contributed by atoms with Crippen LogP contribution >= 0.6 is 0 Å². The standard InChI is InChI=1S/C24H25N3O/c28-23(15-17-7-8-18-4-3-5-20(18)14-17)26-21-11-9-19(10-12-21)24-25-16-22-6-1-2-13-27(22)24/h7-12,14,16H,1-6,13,15H2,(H,26,28). The summed E-state index contributed by atoms with van der Waals surface area (Å²) in [5, 5.41) is 3.03. The number of carbonyl (C=O) groups excluding carboxylic acids is 1. The summed E-state index contributed by atoms with van der Waals surface area (Å²) in [4.78, 5) is 17.1. The zero-order valence-corrected chi connectivity index (χ0v) is 16.1. The molecule has 2 aromatic carbocycles. The fraction of sp³-hybridized carbons (Fsp3) is 0.333. The van der Waals surface area contributed by atoms with Crippen LogP contribution in [0.2, 0.25) is 0 Å². The van der Waals surface area contributed by atoms with Gasteiger partial charge >= 0.3 is 0 Å². The molecule has 142 valence electrons. The third-order valence-electron chi connectivity index (χ3n) is 5.96. The minimum absolute atomic E-state index is 0.0314. The molecule has 0 spiro atoms. The zero-order valence-electron chi connectivity index (χ0n) is 16.1. The summed E-state index contributed by atoms with van der Waals surface area (Å²) >= 11 is 0. The Kier molecular flexibility index (Phi) is 4.47. The molecule has 0 saturated heterocycles. The van der Waals surface area contributed by atoms with Gasteiger partial charge in [-0.3, -0.25) is 4.79 Å². The van der Waals surface area contributed by atoms with Crippen molar-refractivity contribution in [2.45, 2.75) is 51.5 Å². The van der Waals surface area contributed by atoms with Crippen molar-refractivity contribution < 1.29 is 4.79 Å². The first-order chi connectivity index (χ1) is 13.8. The van der Waals surface area contributed by atoms with Crippen LogP contribution in [0.1, 0.15) is 41.6 Å². The number of hydrogen-bond acceptors (Lipinski definition) is 2. The van der Waals surface area contributed by atoms with Gasteiger partial charge in [-0.25, -0.2) is 4.98 Å². The van der Waals surface area contributed by atoms with E-state index >= 15 is 0 Å². The summed E-state index contributed by atoms with van der Waals surface area (Å²) in [6, 6.07) is 14.5. The van der Waals surface area contributed by atoms with E-state index in [0.717, 1.165) is 42.0 Å². The quantitative estimate of drug-likeness (QED) is 0.731. The predicted octanol–water partition coefficient (Wildman–Crippen LogP) is 4.56. The average molecular weight is 371 g/mol. The van der Waals surface area contributed by atoms with E-state index in [1.54, 1.807) is 0 Å². The highest BCUT2D eigenvalue weighted by Crippen LogP contribution is 2.26. The SMILES string of the molecule is O=C(Cc1ccc2c(c1)CCC2)Nc1ccc(-c2ncc3n2CCCC3)cc1. The molecule has 0 atom stereocenters. The van der Waals surface area contributed by atoms with E-state index in [9.17, 15) is 4.79 Å². The molecule has 4 heteroatoms. The molecule has 1 N–H and O–H groups in total. The Bertz CT molecular complexity index is 1020. The van der Waals surface area contributed by atoms with Gasteiger partial charge in [-0.2, -0.15) is 0 Å². The van der Waals surface area contributed by atoms with E-state index in [2.05, 4.69) is 45.2 Å². The number of benzene rings is 2. The Morgan fingerprint density at radius 2 is 1.82 bits per heavy atom. The summed E-state index contributed by atoms with van der Waals surface area (Å²) < 4.78 is 2.32. The van der Waals surface area contributed by atoms with Crippen molar-refractivity contribution in [1.29, 1.82) is 0 Å². The molecular weight excluding hydrogens is 346 g/mol. The number of nitrogens with one attached hydrogen (secondary N) is 1. The Morgan fingerprint density at radius 1 is 0.964 bits per heavy atom. The largest absolute Gasteiger partial charge is 0.328 e. The van der Waals surface area contributed by atoms with Crippen LogP contribution in [0, 0.1) is 0 Å². The molecule has 2 aliphatic rings. The molecule has 3 aromatic rings. The Hall–Kier alpha value is -2.88. The van der Waals surface area contributed by atoms with Gasteiger partial charge in [0, 0.05) is 29.7 Å². The Morgan fingerprint density at radius 3 is 2.71 bits per heavy atom. The average Bonchev–Trinajstić information content (AvgIpc) is 3.35. The number of carbonyl (C=O) groups is 1. The van der Waals surface area contributed by atoms with Gasteiger partial charge in [0.2, 0.25) is 5.91 Å². The number of nitrogens with zero attached hydrogens (tertiary/aromatic N) is 2. The molecule has 2 heterocycles. The number of fused-ring (bicyclic) bond motifs is 2. The monoisotopic (exact) mass is 371 g/mol. The van der Waals surface area contributed by atoms with E-state index in [0.29, 0.717) is 6.42 Å². The summed E-state index contributed by atoms with van der Waals surface area (Å²) in [5.74, 6) is 1.06. The normalized spacial score (nSPS) is 15.1. The number of aromatic nitrogens is 2. The first kappa shape index (κ1) is 17.2. The molecule has 0 bridgehead atoms. The van der Waals surface area contributed by atoms with Gasteiger partial charge in [-0.05, 0) is 79.5 Å². The molecule has 1 amide bonds. The summed E-state index contributed by atoms with van der Waals surface area (Å²) in [6.07, 6.45) is 9.55. The van der Waals surface area contributed by atoms with Crippen molar-refractivity contribution in [1.82, 2.24) is 9.55 Å². The topological polar surface area (TPSA) is 46.9 Å². The molecule has 1 aromatic heterocycles. The van der Waals surface area contributed by atoms with Crippen LogP contribution in [0.25, 0.3) is 11.4 Å². The zero-order chi connectivity index (χ0) is 18.9. The summed E-state index contributed by atoms with van der Waals surface area (Å²) in [6.45, 7) is 1.05. The molecular formula is C24H25N3O. The van der Waals surface area contributed by atoms with Crippen LogP contribution in [0.5, 0.6) is 0 Å². The number of rotatable bonds is 4. The van der Waals surface area contributed by atoms with Crippen molar-refractivity contribution in [2.24, 2.45) is 0 Å². The first-order valence-electron chi connectivity index (χ1n) is 10.3. The summed E-state index contributed by atoms with van der Waals surface area (Å²) in [7, 11) is 0. The molecule has 0 radical (unpaired) electrons. The highest BCUT2D eigenvalue weighted by molar-refractivity contribution is 5.92. The lowest BCUT2D eigenvalue weighted by molar-refractivity contribution is -0.115. The number of aryl methyl sites for hydroxylation is 3. The number of anilines is 1. The second-order valence-corrected chi connectivity index (χ2v) is 7.94. The van der Waals surface area contributed by atoms with Crippen molar-refractivity contribution in [3.05, 3.63) is 71.0 Å². The Balaban J connectivity index is 1.26. The van der Waals surface area contributed by atoms with Gasteiger partial charge in [0.05, 0.1) is 6.42 Å². The molecule has 0 saturated carbocycles. The lowest BCUT2D eigenvalue weighted by Gasteiger charge is -2.16. The lowest BCUT2D eigenvalue weighted by atomic mass is 10.0. The van der Waals surface area contributed by atoms with Crippen molar-refractivity contribution in [2.75, 3.05) is 5.32 Å². The lowest BCUT2D eigenvalue weighted by Crippen LogP contribution is -2.14. The van der Waals surface area contributed by atoms with Gasteiger partial charge in [-0.15, -0.1) is 0 Å². The minimum atomic E-state index is 0.0314. The Labute approximate surface area is 165 Å². The van der Waals surface area contributed by atoms with Crippen LogP contribution in [-0.4, -0.2) is 15.5 Å². The minimum Gasteiger partial charge on any atom is -0.328 e. The van der Waals surface area contributed by atoms with E-state index in [1.165, 1.54) is 42.5 Å². The first-order valence-corrected chi connectivity index (χ1v) is 10.3. The van der Waals surface area contributed by atoms with Crippen molar-refractivity contribution in [3.8, 4) is 11.4 Å². The maximum absolute atomic E-state index is 12.5. The van der Waals surface area contributed by atoms with Crippen LogP contribution in [0.3, 0.4) is 0 Å². The maximum atomic E-state index is 12.5. The van der Waals surface area contributed by atoms with E-state index in [-0.39, 0.29) is 5.91 Å². The van der Waals surface area contributed by atoms with Crippen molar-refractivity contribution >= 4 is 11.6 Å². The summed E-state index contributed by atoms with van der Waals surface area (Å²) in [5.41, 5.74) is 7.22. The van der Waals surface area contributed by atoms with E-state index in [4.69, 9.17) is 0 Å². The van der Waals surface area contributed by atoms with Gasteiger partial charge in [-0.1, -0.05) is 18.2 Å². The number of hydrogen-bond donors (Lipinski definition) is 1. The van der Waals surface area contributed by atoms with Gasteiger partial charge in [0.25, 0.3) is 0 Å². The number of imidazole rings is 1. The highest BCUT2D eigenvalue weighted by atomic mass is 16.1. The maximum Gasteiger partial charge on any atom is 0.228 e. The predicted molar refractivity (Wildman–Crippen MR) is 111 cm³/mol. The molecule has 1 aliphatic heterocycles. The molecule has 1 aliphatic carbocycles. The van der Waals surface area contributed by atoms with Gasteiger partial charge in [0.15, 0.2) is 0 Å². The van der Waals surface area contributed by atoms with Crippen LogP contribution in [0.4, 0.5) is 5.69 Å². The molecule has 0 fully saturated rings. The van der Waals surface area contributed by atoms with Crippen LogP contribution < -0.4 is 5.32 Å². The van der Waals surface area contributed by atoms with Gasteiger partial charge < -0.3 is 9.88 Å². The third-order valence-corrected chi connectivity index (χ3v) is 5.96. The highest BCUT2D eigenvalue weighted by Gasteiger charge is 2.15.